The molecular formula is C22H30F3N3O3S. The molecule has 0 aromatic heterocycles. The fourth-order valence-electron chi connectivity index (χ4n) is 4.53. The van der Waals surface area contributed by atoms with E-state index < -0.39 is 34.2 Å². The maximum atomic E-state index is 13.4. The number of rotatable bonds is 8. The second-order valence-corrected chi connectivity index (χ2v) is 10.3. The van der Waals surface area contributed by atoms with E-state index in [-0.39, 0.29) is 18.2 Å². The van der Waals surface area contributed by atoms with Crippen LogP contribution in [-0.4, -0.2) is 67.8 Å². The van der Waals surface area contributed by atoms with Crippen LogP contribution in [0.2, 0.25) is 0 Å². The fraction of sp³-hybridized carbons (Fsp3) is 0.591. The van der Waals surface area contributed by atoms with Gasteiger partial charge < -0.3 is 9.80 Å². The van der Waals surface area contributed by atoms with Crippen LogP contribution in [-0.2, 0) is 14.8 Å². The van der Waals surface area contributed by atoms with Crippen LogP contribution >= 0.6 is 0 Å². The molecule has 0 bridgehead atoms. The van der Waals surface area contributed by atoms with Gasteiger partial charge in [0.2, 0.25) is 10.0 Å². The van der Waals surface area contributed by atoms with E-state index in [4.69, 9.17) is 5.14 Å². The molecule has 1 aliphatic heterocycles. The van der Waals surface area contributed by atoms with Gasteiger partial charge in [-0.05, 0) is 31.2 Å². The second kappa shape index (κ2) is 9.93. The molecule has 1 saturated heterocycles. The first-order chi connectivity index (χ1) is 15.0. The van der Waals surface area contributed by atoms with Crippen molar-refractivity contribution in [1.29, 1.82) is 0 Å². The maximum absolute atomic E-state index is 13.4. The Bertz CT molecular complexity index is 927. The molecule has 2 aliphatic rings. The molecule has 10 heteroatoms. The number of hydrogen-bond donors (Lipinski definition) is 1. The van der Waals surface area contributed by atoms with Crippen LogP contribution in [0.4, 0.5) is 13.2 Å². The highest BCUT2D eigenvalue weighted by molar-refractivity contribution is 7.89. The number of primary sulfonamides is 1. The Labute approximate surface area is 187 Å². The van der Waals surface area contributed by atoms with Gasteiger partial charge in [0.25, 0.3) is 0 Å². The monoisotopic (exact) mass is 473 g/mol. The number of sulfonamides is 1. The summed E-state index contributed by atoms with van der Waals surface area (Å²) in [7, 11) is -3.60. The average molecular weight is 474 g/mol. The molecular weight excluding hydrogens is 443 g/mol. The number of halogens is 3. The molecule has 1 aromatic rings. The minimum atomic E-state index is -4.92. The van der Waals surface area contributed by atoms with Gasteiger partial charge in [-0.1, -0.05) is 48.9 Å². The lowest BCUT2D eigenvalue weighted by Gasteiger charge is -2.39. The smallest absolute Gasteiger partial charge is 0.328 e. The van der Waals surface area contributed by atoms with E-state index in [1.165, 1.54) is 0 Å². The number of nitrogens with two attached hydrogens (primary N) is 1. The highest BCUT2D eigenvalue weighted by Crippen LogP contribution is 2.46. The third kappa shape index (κ3) is 6.55. The van der Waals surface area contributed by atoms with E-state index in [2.05, 4.69) is 0 Å². The third-order valence-electron chi connectivity index (χ3n) is 6.27. The zero-order valence-electron chi connectivity index (χ0n) is 18.1. The van der Waals surface area contributed by atoms with E-state index >= 15 is 0 Å². The standard InChI is InChI=1S/C22H30F3N3O3S/c1-2-17(14-16-6-4-3-5-7-16)19-15-20(19)28(21(29)22(23,24)25)18-8-10-27(11-9-18)12-13-32(26,30)31/h3-7,14,18-20H,2,8-13,15H2,1H3,(H2,26,30,31)/b17-14+/t19-,20+/m0/s1. The summed E-state index contributed by atoms with van der Waals surface area (Å²) in [4.78, 5) is 15.3. The normalized spacial score (nSPS) is 23.2. The number of piperidine rings is 1. The molecule has 3 rings (SSSR count). The molecule has 6 nitrogen and oxygen atoms in total. The number of alkyl halides is 3. The summed E-state index contributed by atoms with van der Waals surface area (Å²) < 4.78 is 62.6. The largest absolute Gasteiger partial charge is 0.471 e. The highest BCUT2D eigenvalue weighted by atomic mass is 32.2. The van der Waals surface area contributed by atoms with Crippen LogP contribution in [0.1, 0.15) is 38.2 Å². The lowest BCUT2D eigenvalue weighted by molar-refractivity contribution is -0.189. The lowest BCUT2D eigenvalue weighted by atomic mass is 10.0. The van der Waals surface area contributed by atoms with E-state index in [9.17, 15) is 26.4 Å². The van der Waals surface area contributed by atoms with Crippen molar-refractivity contribution in [2.24, 2.45) is 11.1 Å². The number of carbonyl (C=O) groups is 1. The quantitative estimate of drug-likeness (QED) is 0.629. The number of likely N-dealkylation sites (tertiary alicyclic amines) is 1. The van der Waals surface area contributed by atoms with Crippen LogP contribution in [0.25, 0.3) is 6.08 Å². The van der Waals surface area contributed by atoms with Crippen molar-refractivity contribution in [2.45, 2.75) is 50.9 Å². The fourth-order valence-corrected chi connectivity index (χ4v) is 5.05. The molecule has 1 aliphatic carbocycles. The second-order valence-electron chi connectivity index (χ2n) is 8.54. The first-order valence-electron chi connectivity index (χ1n) is 10.9. The third-order valence-corrected chi connectivity index (χ3v) is 7.02. The Kier molecular flexibility index (Phi) is 7.67. The Balaban J connectivity index is 1.71. The molecule has 2 N–H and O–H groups in total. The SMILES string of the molecule is CC/C(=C\c1ccccc1)[C@@H]1C[C@H]1N(C(=O)C(F)(F)F)C1CCN(CCS(N)(=O)=O)CC1. The van der Waals surface area contributed by atoms with Crippen LogP contribution in [0.15, 0.2) is 35.9 Å². The van der Waals surface area contributed by atoms with Gasteiger partial charge >= 0.3 is 12.1 Å². The van der Waals surface area contributed by atoms with E-state index in [0.717, 1.165) is 16.0 Å². The lowest BCUT2D eigenvalue weighted by Crippen LogP contribution is -2.53. The van der Waals surface area contributed by atoms with Gasteiger partial charge in [0, 0.05) is 37.6 Å². The molecule has 2 fully saturated rings. The van der Waals surface area contributed by atoms with Gasteiger partial charge in [-0.3, -0.25) is 4.79 Å². The first-order valence-corrected chi connectivity index (χ1v) is 12.6. The number of carbonyl (C=O) groups excluding carboxylic acids is 1. The van der Waals surface area contributed by atoms with Crippen LogP contribution in [0.5, 0.6) is 0 Å². The first kappa shape index (κ1) is 24.7. The van der Waals surface area contributed by atoms with Crippen molar-refractivity contribution < 1.29 is 26.4 Å². The molecule has 1 saturated carbocycles. The zero-order valence-corrected chi connectivity index (χ0v) is 18.9. The van der Waals surface area contributed by atoms with Gasteiger partial charge in [0.1, 0.15) is 0 Å². The Morgan fingerprint density at radius 1 is 1.22 bits per heavy atom. The number of benzene rings is 1. The minimum Gasteiger partial charge on any atom is -0.328 e. The topological polar surface area (TPSA) is 83.7 Å². The number of amides is 1. The molecule has 1 aromatic carbocycles. The summed E-state index contributed by atoms with van der Waals surface area (Å²) in [6.07, 6.45) is -0.931. The summed E-state index contributed by atoms with van der Waals surface area (Å²) in [5.41, 5.74) is 2.04. The van der Waals surface area contributed by atoms with E-state index in [0.29, 0.717) is 38.8 Å². The summed E-state index contributed by atoms with van der Waals surface area (Å²) in [5, 5.41) is 5.04. The summed E-state index contributed by atoms with van der Waals surface area (Å²) in [5.74, 6) is -2.05. The summed E-state index contributed by atoms with van der Waals surface area (Å²) in [6.45, 7) is 3.08. The van der Waals surface area contributed by atoms with Crippen molar-refractivity contribution in [3.05, 3.63) is 41.5 Å². The van der Waals surface area contributed by atoms with Crippen molar-refractivity contribution in [3.8, 4) is 0 Å². The van der Waals surface area contributed by atoms with E-state index in [1.54, 1.807) is 0 Å². The highest BCUT2D eigenvalue weighted by Gasteiger charge is 2.54. The van der Waals surface area contributed by atoms with Crippen molar-refractivity contribution in [1.82, 2.24) is 9.80 Å². The number of hydrogen-bond acceptors (Lipinski definition) is 4. The van der Waals surface area contributed by atoms with E-state index in [1.807, 2.05) is 48.2 Å². The molecule has 0 spiro atoms. The molecule has 32 heavy (non-hydrogen) atoms. The molecule has 178 valence electrons. The van der Waals surface area contributed by atoms with Gasteiger partial charge in [0.05, 0.1) is 5.75 Å². The van der Waals surface area contributed by atoms with Crippen molar-refractivity contribution >= 4 is 22.0 Å². The number of nitrogens with zero attached hydrogens (tertiary/aromatic N) is 2. The molecule has 1 heterocycles. The predicted molar refractivity (Wildman–Crippen MR) is 117 cm³/mol. The van der Waals surface area contributed by atoms with Crippen molar-refractivity contribution in [3.63, 3.8) is 0 Å². The Morgan fingerprint density at radius 2 is 1.84 bits per heavy atom. The average Bonchev–Trinajstić information content (AvgIpc) is 3.51. The van der Waals surface area contributed by atoms with Crippen LogP contribution < -0.4 is 5.14 Å². The zero-order chi connectivity index (χ0) is 23.5. The van der Waals surface area contributed by atoms with Crippen LogP contribution in [0, 0.1) is 5.92 Å². The van der Waals surface area contributed by atoms with Crippen LogP contribution in [0.3, 0.4) is 0 Å². The van der Waals surface area contributed by atoms with Gasteiger partial charge in [-0.2, -0.15) is 13.2 Å². The molecule has 2 atom stereocenters. The summed E-state index contributed by atoms with van der Waals surface area (Å²) in [6, 6.07) is 8.65. The van der Waals surface area contributed by atoms with Gasteiger partial charge in [-0.15, -0.1) is 0 Å². The summed E-state index contributed by atoms with van der Waals surface area (Å²) >= 11 is 0. The Hall–Kier alpha value is -1.91. The molecule has 0 unspecified atom stereocenters. The van der Waals surface area contributed by atoms with Gasteiger partial charge in [0.15, 0.2) is 0 Å². The molecule has 0 radical (unpaired) electrons. The maximum Gasteiger partial charge on any atom is 0.471 e. The van der Waals surface area contributed by atoms with Gasteiger partial charge in [-0.25, -0.2) is 13.6 Å². The van der Waals surface area contributed by atoms with Crippen molar-refractivity contribution in [2.75, 3.05) is 25.4 Å². The Morgan fingerprint density at radius 3 is 2.38 bits per heavy atom. The minimum absolute atomic E-state index is 0.0769. The predicted octanol–water partition coefficient (Wildman–Crippen LogP) is 3.01. The molecule has 1 amide bonds.